The van der Waals surface area contributed by atoms with Crippen LogP contribution in [0.2, 0.25) is 0 Å². The zero-order chi connectivity index (χ0) is 20.3. The van der Waals surface area contributed by atoms with E-state index >= 15 is 0 Å². The SMILES string of the molecule is COc1cc([C@@H]2CC(c3c(O)cc(C)oc3=O)=NCCS2)cc(OC)c1OC. The standard InChI is InChI=1S/C20H23NO6S/c1-11-7-14(22)18(20(23)27-11)13-10-17(28-6-5-21-13)12-8-15(24-2)19(26-4)16(9-12)25-3/h7-9,17,22H,5-6,10H2,1-4H3/t17-/m0/s1. The van der Waals surface area contributed by atoms with E-state index in [9.17, 15) is 9.90 Å². The number of ether oxygens (including phenoxy) is 3. The normalized spacial score (nSPS) is 16.9. The second-order valence-electron chi connectivity index (χ2n) is 6.26. The van der Waals surface area contributed by atoms with E-state index in [4.69, 9.17) is 18.6 Å². The van der Waals surface area contributed by atoms with Crippen molar-refractivity contribution in [1.29, 1.82) is 0 Å². The van der Waals surface area contributed by atoms with Gasteiger partial charge >= 0.3 is 5.63 Å². The number of aromatic hydroxyl groups is 1. The van der Waals surface area contributed by atoms with Crippen LogP contribution >= 0.6 is 11.8 Å². The number of nitrogens with zero attached hydrogens (tertiary/aromatic N) is 1. The van der Waals surface area contributed by atoms with Gasteiger partial charge in [0.25, 0.3) is 0 Å². The number of hydrogen-bond acceptors (Lipinski definition) is 8. The topological polar surface area (TPSA) is 90.5 Å². The van der Waals surface area contributed by atoms with Gasteiger partial charge < -0.3 is 23.7 Å². The molecule has 0 spiro atoms. The van der Waals surface area contributed by atoms with Gasteiger partial charge in [0.1, 0.15) is 17.1 Å². The zero-order valence-electron chi connectivity index (χ0n) is 16.3. The summed E-state index contributed by atoms with van der Waals surface area (Å²) < 4.78 is 21.5. The number of aryl methyl sites for hydroxylation is 1. The highest BCUT2D eigenvalue weighted by molar-refractivity contribution is 7.99. The molecule has 0 amide bonds. The Morgan fingerprint density at radius 3 is 2.39 bits per heavy atom. The van der Waals surface area contributed by atoms with Gasteiger partial charge in [-0.25, -0.2) is 4.79 Å². The van der Waals surface area contributed by atoms with Gasteiger partial charge in [0, 0.05) is 30.0 Å². The van der Waals surface area contributed by atoms with Gasteiger partial charge in [-0.3, -0.25) is 4.99 Å². The van der Waals surface area contributed by atoms with Crippen LogP contribution in [0.5, 0.6) is 23.0 Å². The Morgan fingerprint density at radius 2 is 1.82 bits per heavy atom. The van der Waals surface area contributed by atoms with E-state index in [1.54, 1.807) is 40.0 Å². The molecule has 1 aliphatic rings. The highest BCUT2D eigenvalue weighted by Gasteiger charge is 2.26. The second-order valence-corrected chi connectivity index (χ2v) is 7.57. The number of hydrogen-bond donors (Lipinski definition) is 1. The number of aliphatic imine (C=N–C) groups is 1. The lowest BCUT2D eigenvalue weighted by Crippen LogP contribution is -2.17. The molecule has 0 saturated carbocycles. The van der Waals surface area contributed by atoms with Crippen molar-refractivity contribution in [2.24, 2.45) is 4.99 Å². The average Bonchev–Trinajstić information content (AvgIpc) is 2.92. The third-order valence-electron chi connectivity index (χ3n) is 4.49. The molecule has 150 valence electrons. The Labute approximate surface area is 167 Å². The van der Waals surface area contributed by atoms with E-state index in [1.807, 2.05) is 12.1 Å². The van der Waals surface area contributed by atoms with Crippen LogP contribution in [-0.4, -0.2) is 44.4 Å². The smallest absolute Gasteiger partial charge is 0.348 e. The maximum absolute atomic E-state index is 12.3. The Hall–Kier alpha value is -2.61. The number of thioether (sulfide) groups is 1. The van der Waals surface area contributed by atoms with Crippen molar-refractivity contribution in [2.75, 3.05) is 33.6 Å². The lowest BCUT2D eigenvalue weighted by molar-refractivity contribution is 0.324. The summed E-state index contributed by atoms with van der Waals surface area (Å²) in [6.45, 7) is 2.17. The molecule has 1 aliphatic heterocycles. The molecule has 1 aromatic heterocycles. The van der Waals surface area contributed by atoms with Crippen LogP contribution in [-0.2, 0) is 0 Å². The lowest BCUT2D eigenvalue weighted by Gasteiger charge is -2.19. The van der Waals surface area contributed by atoms with E-state index in [1.165, 1.54) is 6.07 Å². The first-order valence-corrected chi connectivity index (χ1v) is 9.82. The molecular weight excluding hydrogens is 382 g/mol. The van der Waals surface area contributed by atoms with Crippen molar-refractivity contribution in [1.82, 2.24) is 0 Å². The van der Waals surface area contributed by atoms with Gasteiger partial charge in [-0.15, -0.1) is 0 Å². The van der Waals surface area contributed by atoms with E-state index in [0.29, 0.717) is 41.7 Å². The molecule has 0 radical (unpaired) electrons. The van der Waals surface area contributed by atoms with Crippen LogP contribution in [0.1, 0.15) is 28.6 Å². The predicted octanol–water partition coefficient (Wildman–Crippen LogP) is 3.35. The van der Waals surface area contributed by atoms with Gasteiger partial charge in [0.2, 0.25) is 5.75 Å². The maximum Gasteiger partial charge on any atom is 0.348 e. The van der Waals surface area contributed by atoms with Crippen molar-refractivity contribution in [3.63, 3.8) is 0 Å². The highest BCUT2D eigenvalue weighted by atomic mass is 32.2. The molecule has 1 aromatic carbocycles. The monoisotopic (exact) mass is 405 g/mol. The fourth-order valence-corrected chi connectivity index (χ4v) is 4.30. The van der Waals surface area contributed by atoms with Gasteiger partial charge in [0.15, 0.2) is 11.5 Å². The summed E-state index contributed by atoms with van der Waals surface area (Å²) in [6.07, 6.45) is 0.463. The van der Waals surface area contributed by atoms with E-state index in [0.717, 1.165) is 11.3 Å². The van der Waals surface area contributed by atoms with Crippen LogP contribution < -0.4 is 19.8 Å². The minimum Gasteiger partial charge on any atom is -0.507 e. The summed E-state index contributed by atoms with van der Waals surface area (Å²) in [5.41, 5.74) is 1.05. The molecule has 2 heterocycles. The average molecular weight is 405 g/mol. The van der Waals surface area contributed by atoms with Gasteiger partial charge in [-0.05, 0) is 24.6 Å². The molecule has 8 heteroatoms. The van der Waals surface area contributed by atoms with Crippen LogP contribution in [0.15, 0.2) is 32.4 Å². The Kier molecular flexibility index (Phi) is 6.18. The molecule has 7 nitrogen and oxygen atoms in total. The van der Waals surface area contributed by atoms with Crippen molar-refractivity contribution in [2.45, 2.75) is 18.6 Å². The minimum absolute atomic E-state index is 0.00457. The summed E-state index contributed by atoms with van der Waals surface area (Å²) in [6, 6.07) is 5.24. The molecule has 0 fully saturated rings. The molecular formula is C20H23NO6S. The van der Waals surface area contributed by atoms with E-state index in [-0.39, 0.29) is 16.6 Å². The molecule has 2 aromatic rings. The summed E-state index contributed by atoms with van der Waals surface area (Å²) in [5, 5.41) is 10.3. The van der Waals surface area contributed by atoms with Crippen LogP contribution in [0.3, 0.4) is 0 Å². The van der Waals surface area contributed by atoms with Gasteiger partial charge in [-0.1, -0.05) is 0 Å². The lowest BCUT2D eigenvalue weighted by atomic mass is 10.0. The van der Waals surface area contributed by atoms with Crippen molar-refractivity contribution < 1.29 is 23.7 Å². The van der Waals surface area contributed by atoms with Gasteiger partial charge in [-0.2, -0.15) is 11.8 Å². The number of benzene rings is 1. The minimum atomic E-state index is -0.577. The Morgan fingerprint density at radius 1 is 1.14 bits per heavy atom. The molecule has 0 saturated heterocycles. The second kappa shape index (κ2) is 8.60. The third-order valence-corrected chi connectivity index (χ3v) is 5.75. The van der Waals surface area contributed by atoms with Crippen molar-refractivity contribution in [3.05, 3.63) is 45.5 Å². The molecule has 3 rings (SSSR count). The number of rotatable bonds is 5. The molecule has 1 N–H and O–H groups in total. The molecule has 0 aliphatic carbocycles. The third kappa shape index (κ3) is 3.96. The summed E-state index contributed by atoms with van der Waals surface area (Å²) in [5.74, 6) is 2.69. The first-order chi connectivity index (χ1) is 13.5. The molecule has 28 heavy (non-hydrogen) atoms. The van der Waals surface area contributed by atoms with Crippen LogP contribution in [0.25, 0.3) is 0 Å². The molecule has 1 atom stereocenters. The largest absolute Gasteiger partial charge is 0.507 e. The Bertz CT molecular complexity index is 927. The molecule has 0 unspecified atom stereocenters. The number of methoxy groups -OCH3 is 3. The highest BCUT2D eigenvalue weighted by Crippen LogP contribution is 2.44. The van der Waals surface area contributed by atoms with Crippen LogP contribution in [0.4, 0.5) is 0 Å². The first kappa shape index (κ1) is 20.1. The summed E-state index contributed by atoms with van der Waals surface area (Å²) in [4.78, 5) is 16.9. The fourth-order valence-electron chi connectivity index (χ4n) is 3.22. The van der Waals surface area contributed by atoms with E-state index < -0.39 is 5.63 Å². The predicted molar refractivity (Wildman–Crippen MR) is 109 cm³/mol. The Balaban J connectivity index is 2.01. The zero-order valence-corrected chi connectivity index (χ0v) is 17.1. The quantitative estimate of drug-likeness (QED) is 0.816. The van der Waals surface area contributed by atoms with Crippen molar-refractivity contribution in [3.8, 4) is 23.0 Å². The first-order valence-electron chi connectivity index (χ1n) is 8.77. The molecule has 0 bridgehead atoms. The maximum atomic E-state index is 12.3. The summed E-state index contributed by atoms with van der Waals surface area (Å²) >= 11 is 1.72. The van der Waals surface area contributed by atoms with E-state index in [2.05, 4.69) is 4.99 Å². The van der Waals surface area contributed by atoms with Crippen molar-refractivity contribution >= 4 is 17.5 Å². The van der Waals surface area contributed by atoms with Crippen LogP contribution in [0, 0.1) is 6.92 Å². The summed E-state index contributed by atoms with van der Waals surface area (Å²) in [7, 11) is 4.71. The fraction of sp³-hybridized carbons (Fsp3) is 0.400. The van der Waals surface area contributed by atoms with Gasteiger partial charge in [0.05, 0.1) is 27.0 Å².